The molecule has 1 N–H and O–H groups in total. The van der Waals surface area contributed by atoms with Crippen molar-refractivity contribution in [2.24, 2.45) is 0 Å². The first-order valence-corrected chi connectivity index (χ1v) is 10.6. The van der Waals surface area contributed by atoms with E-state index in [4.69, 9.17) is 27.9 Å². The van der Waals surface area contributed by atoms with E-state index in [0.717, 1.165) is 31.6 Å². The highest BCUT2D eigenvalue weighted by atomic mass is 35.5. The van der Waals surface area contributed by atoms with E-state index < -0.39 is 0 Å². The zero-order valence-corrected chi connectivity index (χ0v) is 17.5. The Bertz CT molecular complexity index is 997. The van der Waals surface area contributed by atoms with Crippen molar-refractivity contribution >= 4 is 40.1 Å². The van der Waals surface area contributed by atoms with Gasteiger partial charge in [-0.1, -0.05) is 23.2 Å². The second kappa shape index (κ2) is 9.06. The number of pyridine rings is 1. The predicted molar refractivity (Wildman–Crippen MR) is 116 cm³/mol. The highest BCUT2D eigenvalue weighted by Gasteiger charge is 2.25. The third-order valence-electron chi connectivity index (χ3n) is 5.46. The van der Waals surface area contributed by atoms with Crippen LogP contribution in [0.4, 0.5) is 0 Å². The zero-order chi connectivity index (χ0) is 20.2. The molecule has 0 bridgehead atoms. The van der Waals surface area contributed by atoms with Crippen molar-refractivity contribution in [1.29, 1.82) is 0 Å². The fraction of sp³-hybridized carbons (Fsp3) is 0.364. The van der Waals surface area contributed by atoms with E-state index in [2.05, 4.69) is 22.2 Å². The normalized spacial score (nSPS) is 15.0. The number of likely N-dealkylation sites (tertiary alicyclic amines) is 1. The van der Waals surface area contributed by atoms with Crippen LogP contribution in [0.1, 0.15) is 37.2 Å². The number of piperidine rings is 1. The van der Waals surface area contributed by atoms with Crippen LogP contribution < -0.4 is 4.74 Å². The van der Waals surface area contributed by atoms with Crippen molar-refractivity contribution in [2.75, 3.05) is 19.7 Å². The number of hydrogen-bond donors (Lipinski definition) is 1. The molecule has 152 valence electrons. The first-order chi connectivity index (χ1) is 14.1. The van der Waals surface area contributed by atoms with Crippen LogP contribution in [-0.4, -0.2) is 40.5 Å². The maximum atomic E-state index is 12.5. The SMILES string of the molecule is O=C(CCCOc1ccc(Cl)cc1Cl)N1CCC(c2c[nH]c3ncccc23)CC1. The Kier molecular flexibility index (Phi) is 6.26. The number of aromatic amines is 1. The van der Waals surface area contributed by atoms with E-state index >= 15 is 0 Å². The number of rotatable bonds is 6. The van der Waals surface area contributed by atoms with Crippen molar-refractivity contribution < 1.29 is 9.53 Å². The molecule has 1 aliphatic rings. The molecule has 1 amide bonds. The van der Waals surface area contributed by atoms with Crippen LogP contribution in [0.3, 0.4) is 0 Å². The average Bonchev–Trinajstić information content (AvgIpc) is 3.16. The van der Waals surface area contributed by atoms with Crippen LogP contribution in [0.2, 0.25) is 10.0 Å². The van der Waals surface area contributed by atoms with E-state index in [9.17, 15) is 4.79 Å². The number of carbonyl (C=O) groups excluding carboxylic acids is 1. The molecule has 2 aromatic heterocycles. The van der Waals surface area contributed by atoms with Crippen molar-refractivity contribution in [3.63, 3.8) is 0 Å². The number of nitrogens with zero attached hydrogens (tertiary/aromatic N) is 2. The van der Waals surface area contributed by atoms with Crippen molar-refractivity contribution in [1.82, 2.24) is 14.9 Å². The molecule has 1 fully saturated rings. The summed E-state index contributed by atoms with van der Waals surface area (Å²) in [5.41, 5.74) is 2.25. The molecule has 3 aromatic rings. The van der Waals surface area contributed by atoms with E-state index in [1.54, 1.807) is 24.4 Å². The Balaban J connectivity index is 1.23. The number of H-pyrrole nitrogens is 1. The highest BCUT2D eigenvalue weighted by Crippen LogP contribution is 2.33. The van der Waals surface area contributed by atoms with Gasteiger partial charge in [-0.2, -0.15) is 0 Å². The summed E-state index contributed by atoms with van der Waals surface area (Å²) < 4.78 is 5.67. The largest absolute Gasteiger partial charge is 0.492 e. The quantitative estimate of drug-likeness (QED) is 0.528. The Morgan fingerprint density at radius 3 is 2.86 bits per heavy atom. The second-order valence-electron chi connectivity index (χ2n) is 7.33. The molecular formula is C22H23Cl2N3O2. The maximum Gasteiger partial charge on any atom is 0.222 e. The third kappa shape index (κ3) is 4.68. The standard InChI is InChI=1S/C22H23Cl2N3O2/c23-16-5-6-20(19(24)13-16)29-12-2-4-21(28)27-10-7-15(8-11-27)18-14-26-22-17(18)3-1-9-25-22/h1,3,5-6,9,13-15H,2,4,7-8,10-12H2,(H,25,26). The number of benzene rings is 1. The molecule has 3 heterocycles. The van der Waals surface area contributed by atoms with E-state index in [1.165, 1.54) is 10.9 Å². The van der Waals surface area contributed by atoms with Gasteiger partial charge in [0.25, 0.3) is 0 Å². The van der Waals surface area contributed by atoms with Crippen molar-refractivity contribution in [2.45, 2.75) is 31.6 Å². The molecular weight excluding hydrogens is 409 g/mol. The minimum absolute atomic E-state index is 0.190. The molecule has 7 heteroatoms. The number of amides is 1. The Labute approximate surface area is 180 Å². The summed E-state index contributed by atoms with van der Waals surface area (Å²) in [5.74, 6) is 1.25. The molecule has 4 rings (SSSR count). The summed E-state index contributed by atoms with van der Waals surface area (Å²) >= 11 is 12.0. The van der Waals surface area contributed by atoms with Gasteiger partial charge in [0.2, 0.25) is 5.91 Å². The smallest absolute Gasteiger partial charge is 0.222 e. The Hall–Kier alpha value is -2.24. The van der Waals surface area contributed by atoms with Crippen LogP contribution >= 0.6 is 23.2 Å². The molecule has 0 spiro atoms. The molecule has 0 unspecified atom stereocenters. The first-order valence-electron chi connectivity index (χ1n) is 9.89. The predicted octanol–water partition coefficient (Wildman–Crippen LogP) is 5.43. The van der Waals surface area contributed by atoms with Crippen molar-refractivity contribution in [3.8, 4) is 5.75 Å². The van der Waals surface area contributed by atoms with Gasteiger partial charge in [-0.05, 0) is 61.1 Å². The van der Waals surface area contributed by atoms with Gasteiger partial charge >= 0.3 is 0 Å². The summed E-state index contributed by atoms with van der Waals surface area (Å²) in [7, 11) is 0. The molecule has 5 nitrogen and oxygen atoms in total. The van der Waals surface area contributed by atoms with Crippen LogP contribution in [0.15, 0.2) is 42.7 Å². The fourth-order valence-corrected chi connectivity index (χ4v) is 4.37. The van der Waals surface area contributed by atoms with Gasteiger partial charge in [-0.15, -0.1) is 0 Å². The lowest BCUT2D eigenvalue weighted by molar-refractivity contribution is -0.132. The van der Waals surface area contributed by atoms with Gasteiger partial charge in [0.05, 0.1) is 11.6 Å². The summed E-state index contributed by atoms with van der Waals surface area (Å²) in [5, 5.41) is 2.25. The summed E-state index contributed by atoms with van der Waals surface area (Å²) in [4.78, 5) is 22.1. The molecule has 1 aliphatic heterocycles. The number of hydrogen-bond acceptors (Lipinski definition) is 3. The Morgan fingerprint density at radius 1 is 1.24 bits per heavy atom. The van der Waals surface area contributed by atoms with Crippen LogP contribution in [-0.2, 0) is 4.79 Å². The topological polar surface area (TPSA) is 58.2 Å². The monoisotopic (exact) mass is 431 g/mol. The lowest BCUT2D eigenvalue weighted by atomic mass is 9.89. The molecule has 0 radical (unpaired) electrons. The summed E-state index contributed by atoms with van der Waals surface area (Å²) in [6, 6.07) is 9.22. The van der Waals surface area contributed by atoms with Crippen LogP contribution in [0.5, 0.6) is 5.75 Å². The molecule has 1 saturated heterocycles. The third-order valence-corrected chi connectivity index (χ3v) is 5.99. The average molecular weight is 432 g/mol. The van der Waals surface area contributed by atoms with Gasteiger partial charge in [0.15, 0.2) is 0 Å². The molecule has 0 saturated carbocycles. The number of aromatic nitrogens is 2. The van der Waals surface area contributed by atoms with Gasteiger partial charge in [-0.3, -0.25) is 4.79 Å². The number of fused-ring (bicyclic) bond motifs is 1. The lowest BCUT2D eigenvalue weighted by Gasteiger charge is -2.32. The number of halogens is 2. The van der Waals surface area contributed by atoms with Gasteiger partial charge < -0.3 is 14.6 Å². The number of carbonyl (C=O) groups is 1. The lowest BCUT2D eigenvalue weighted by Crippen LogP contribution is -2.37. The first kappa shape index (κ1) is 20.0. The highest BCUT2D eigenvalue weighted by molar-refractivity contribution is 6.35. The Morgan fingerprint density at radius 2 is 2.07 bits per heavy atom. The second-order valence-corrected chi connectivity index (χ2v) is 8.17. The minimum Gasteiger partial charge on any atom is -0.492 e. The van der Waals surface area contributed by atoms with E-state index in [-0.39, 0.29) is 5.91 Å². The fourth-order valence-electron chi connectivity index (χ4n) is 3.91. The number of ether oxygens (including phenoxy) is 1. The van der Waals surface area contributed by atoms with Crippen molar-refractivity contribution in [3.05, 3.63) is 58.3 Å². The van der Waals surface area contributed by atoms with E-state index in [0.29, 0.717) is 41.2 Å². The van der Waals surface area contributed by atoms with E-state index in [1.807, 2.05) is 11.0 Å². The maximum absolute atomic E-state index is 12.5. The van der Waals surface area contributed by atoms with Gasteiger partial charge in [0, 0.05) is 42.3 Å². The number of nitrogens with one attached hydrogen (secondary N) is 1. The summed E-state index contributed by atoms with van der Waals surface area (Å²) in [6.07, 6.45) is 6.96. The van der Waals surface area contributed by atoms with Gasteiger partial charge in [-0.25, -0.2) is 4.98 Å². The molecule has 0 atom stereocenters. The van der Waals surface area contributed by atoms with Gasteiger partial charge in [0.1, 0.15) is 11.4 Å². The summed E-state index contributed by atoms with van der Waals surface area (Å²) in [6.45, 7) is 2.03. The molecule has 1 aromatic carbocycles. The zero-order valence-electron chi connectivity index (χ0n) is 16.0. The molecule has 29 heavy (non-hydrogen) atoms. The molecule has 0 aliphatic carbocycles. The minimum atomic E-state index is 0.190. The van der Waals surface area contributed by atoms with Crippen LogP contribution in [0, 0.1) is 0 Å². The van der Waals surface area contributed by atoms with Crippen LogP contribution in [0.25, 0.3) is 11.0 Å².